The fourth-order valence-corrected chi connectivity index (χ4v) is 4.79. The van der Waals surface area contributed by atoms with Crippen LogP contribution in [0.25, 0.3) is 10.2 Å². The number of thiazole rings is 1. The van der Waals surface area contributed by atoms with E-state index < -0.39 is 0 Å². The number of hydrogen-bond acceptors (Lipinski definition) is 6. The molecule has 32 heavy (non-hydrogen) atoms. The van der Waals surface area contributed by atoms with Gasteiger partial charge in [-0.25, -0.2) is 10.5 Å². The summed E-state index contributed by atoms with van der Waals surface area (Å²) in [5.41, 5.74) is 8.99. The molecule has 0 saturated heterocycles. The quantitative estimate of drug-likeness (QED) is 0.188. The van der Waals surface area contributed by atoms with Gasteiger partial charge in [-0.15, -0.1) is 0 Å². The normalized spacial score (nSPS) is 11.1. The first-order chi connectivity index (χ1) is 15.6. The van der Waals surface area contributed by atoms with Crippen LogP contribution < -0.4 is 9.64 Å². The minimum absolute atomic E-state index is 0.500. The van der Waals surface area contributed by atoms with Crippen molar-refractivity contribution in [3.63, 3.8) is 0 Å². The van der Waals surface area contributed by atoms with Gasteiger partial charge in [-0.2, -0.15) is 5.11 Å². The number of rotatable bonds is 14. The second kappa shape index (κ2) is 12.8. The molecule has 2 aromatic carbocycles. The predicted octanol–water partition coefficient (Wildman–Crippen LogP) is 9.37. The van der Waals surface area contributed by atoms with E-state index in [4.69, 9.17) is 26.9 Å². The Labute approximate surface area is 200 Å². The van der Waals surface area contributed by atoms with Crippen molar-refractivity contribution < 1.29 is 4.74 Å². The van der Waals surface area contributed by atoms with Crippen molar-refractivity contribution in [1.82, 2.24) is 4.98 Å². The minimum atomic E-state index is 0.500. The first-order valence-electron chi connectivity index (χ1n) is 11.6. The maximum absolute atomic E-state index is 7.61. The second-order valence-corrected chi connectivity index (χ2v) is 9.51. The molecule has 0 spiro atoms. The monoisotopic (exact) mass is 472 g/mol. The predicted molar refractivity (Wildman–Crippen MR) is 136 cm³/mol. The number of nitrogens with zero attached hydrogens (tertiary/aromatic N) is 3. The van der Waals surface area contributed by atoms with E-state index in [1.165, 1.54) is 51.4 Å². The summed E-state index contributed by atoms with van der Waals surface area (Å²) in [6.45, 7) is 6.56. The van der Waals surface area contributed by atoms with E-state index in [0.717, 1.165) is 28.4 Å². The molecule has 0 unspecified atom stereocenters. The van der Waals surface area contributed by atoms with Crippen molar-refractivity contribution in [1.29, 1.82) is 5.53 Å². The lowest BCUT2D eigenvalue weighted by Gasteiger charge is -2.21. The smallest absolute Gasteiger partial charge is 0.186 e. The molecule has 5 nitrogen and oxygen atoms in total. The number of aromatic nitrogens is 1. The lowest BCUT2D eigenvalue weighted by molar-refractivity contribution is 0.484. The summed E-state index contributed by atoms with van der Waals surface area (Å²) in [5, 5.41) is 5.39. The van der Waals surface area contributed by atoms with Gasteiger partial charge in [0.2, 0.25) is 0 Å². The SMILES string of the molecule is CCCCCCN(CCCCCC)c1nc2cc(Oc3ccc(Cl)cc3)c(N=N)cc2s1. The maximum Gasteiger partial charge on any atom is 0.186 e. The van der Waals surface area contributed by atoms with Gasteiger partial charge in [0.1, 0.15) is 11.4 Å². The van der Waals surface area contributed by atoms with Crippen LogP contribution in [-0.4, -0.2) is 18.1 Å². The molecule has 1 N–H and O–H groups in total. The maximum atomic E-state index is 7.61. The van der Waals surface area contributed by atoms with Crippen molar-refractivity contribution in [3.05, 3.63) is 41.4 Å². The van der Waals surface area contributed by atoms with Gasteiger partial charge in [-0.05, 0) is 43.2 Å². The van der Waals surface area contributed by atoms with Crippen LogP contribution in [0.15, 0.2) is 41.5 Å². The zero-order valence-corrected chi connectivity index (χ0v) is 20.6. The van der Waals surface area contributed by atoms with E-state index in [1.54, 1.807) is 35.6 Å². The van der Waals surface area contributed by atoms with E-state index in [-0.39, 0.29) is 0 Å². The van der Waals surface area contributed by atoms with E-state index in [9.17, 15) is 0 Å². The van der Waals surface area contributed by atoms with E-state index in [0.29, 0.717) is 22.2 Å². The molecule has 0 bridgehead atoms. The number of benzene rings is 2. The highest BCUT2D eigenvalue weighted by atomic mass is 35.5. The van der Waals surface area contributed by atoms with Gasteiger partial charge in [0, 0.05) is 24.2 Å². The highest BCUT2D eigenvalue weighted by Gasteiger charge is 2.15. The molecule has 7 heteroatoms. The lowest BCUT2D eigenvalue weighted by Crippen LogP contribution is -2.25. The molecule has 1 heterocycles. The molecule has 0 aliphatic heterocycles. The van der Waals surface area contributed by atoms with Crippen LogP contribution in [0.1, 0.15) is 65.2 Å². The zero-order chi connectivity index (χ0) is 22.8. The van der Waals surface area contributed by atoms with Crippen molar-refractivity contribution in [2.75, 3.05) is 18.0 Å². The Balaban J connectivity index is 1.82. The summed E-state index contributed by atoms with van der Waals surface area (Å²) >= 11 is 7.65. The van der Waals surface area contributed by atoms with Crippen LogP contribution in [0, 0.1) is 5.53 Å². The topological polar surface area (TPSA) is 61.6 Å². The van der Waals surface area contributed by atoms with Gasteiger partial charge in [-0.1, -0.05) is 75.3 Å². The number of halogens is 1. The highest BCUT2D eigenvalue weighted by molar-refractivity contribution is 7.22. The summed E-state index contributed by atoms with van der Waals surface area (Å²) in [7, 11) is 0. The lowest BCUT2D eigenvalue weighted by atomic mass is 10.2. The van der Waals surface area contributed by atoms with Crippen molar-refractivity contribution >= 4 is 44.0 Å². The standard InChI is InChI=1S/C25H33ClN4OS/c1-3-5-7-9-15-30(16-10-8-6-4-2)25-28-22-17-23(21(29-27)18-24(22)32-25)31-20-13-11-19(26)12-14-20/h11-14,17-18,27H,3-10,15-16H2,1-2H3. The molecular formula is C25H33ClN4OS. The largest absolute Gasteiger partial charge is 0.455 e. The Hall–Kier alpha value is -2.18. The minimum Gasteiger partial charge on any atom is -0.455 e. The van der Waals surface area contributed by atoms with Crippen molar-refractivity contribution in [2.24, 2.45) is 5.11 Å². The number of unbranched alkanes of at least 4 members (excludes halogenated alkanes) is 6. The molecule has 0 amide bonds. The van der Waals surface area contributed by atoms with E-state index >= 15 is 0 Å². The number of nitrogens with one attached hydrogen (secondary N) is 1. The molecule has 3 rings (SSSR count). The zero-order valence-electron chi connectivity index (χ0n) is 19.1. The first-order valence-corrected chi connectivity index (χ1v) is 12.8. The Morgan fingerprint density at radius 1 is 0.969 bits per heavy atom. The summed E-state index contributed by atoms with van der Waals surface area (Å²) < 4.78 is 7.02. The molecule has 0 atom stereocenters. The second-order valence-electron chi connectivity index (χ2n) is 8.06. The Kier molecular flexibility index (Phi) is 9.75. The van der Waals surface area contributed by atoms with Gasteiger partial charge in [0.15, 0.2) is 10.9 Å². The van der Waals surface area contributed by atoms with Crippen molar-refractivity contribution in [3.8, 4) is 11.5 Å². The molecule has 0 aliphatic rings. The van der Waals surface area contributed by atoms with Gasteiger partial charge in [-0.3, -0.25) is 0 Å². The third kappa shape index (κ3) is 6.91. The third-order valence-electron chi connectivity index (χ3n) is 5.45. The van der Waals surface area contributed by atoms with Gasteiger partial charge < -0.3 is 9.64 Å². The summed E-state index contributed by atoms with van der Waals surface area (Å²) in [6, 6.07) is 11.0. The van der Waals surface area contributed by atoms with E-state index in [1.807, 2.05) is 12.1 Å². The van der Waals surface area contributed by atoms with Crippen LogP contribution in [0.3, 0.4) is 0 Å². The number of anilines is 1. The van der Waals surface area contributed by atoms with Crippen LogP contribution in [0.5, 0.6) is 11.5 Å². The third-order valence-corrected chi connectivity index (χ3v) is 6.78. The molecular weight excluding hydrogens is 440 g/mol. The van der Waals surface area contributed by atoms with E-state index in [2.05, 4.69) is 23.9 Å². The van der Waals surface area contributed by atoms with Crippen molar-refractivity contribution in [2.45, 2.75) is 65.2 Å². The number of hydrogen-bond donors (Lipinski definition) is 1. The molecule has 0 radical (unpaired) electrons. The Bertz CT molecular complexity index is 978. The number of fused-ring (bicyclic) bond motifs is 1. The molecule has 172 valence electrons. The summed E-state index contributed by atoms with van der Waals surface area (Å²) in [5.74, 6) is 1.19. The highest BCUT2D eigenvalue weighted by Crippen LogP contribution is 2.39. The van der Waals surface area contributed by atoms with Gasteiger partial charge in [0.25, 0.3) is 0 Å². The van der Waals surface area contributed by atoms with Crippen LogP contribution in [-0.2, 0) is 0 Å². The van der Waals surface area contributed by atoms with Gasteiger partial charge >= 0.3 is 0 Å². The van der Waals surface area contributed by atoms with Crippen LogP contribution in [0.4, 0.5) is 10.8 Å². The average molecular weight is 473 g/mol. The average Bonchev–Trinajstić information content (AvgIpc) is 3.21. The number of ether oxygens (including phenoxy) is 1. The summed E-state index contributed by atoms with van der Waals surface area (Å²) in [6.07, 6.45) is 9.95. The molecule has 0 saturated carbocycles. The summed E-state index contributed by atoms with van der Waals surface area (Å²) in [4.78, 5) is 7.38. The molecule has 3 aromatic rings. The van der Waals surface area contributed by atoms with Crippen LogP contribution >= 0.6 is 22.9 Å². The fourth-order valence-electron chi connectivity index (χ4n) is 3.63. The van der Waals surface area contributed by atoms with Crippen LogP contribution in [0.2, 0.25) is 5.02 Å². The molecule has 1 aromatic heterocycles. The molecule has 0 aliphatic carbocycles. The fraction of sp³-hybridized carbons (Fsp3) is 0.480. The van der Waals surface area contributed by atoms with Gasteiger partial charge in [0.05, 0.1) is 10.2 Å². The Morgan fingerprint density at radius 3 is 2.22 bits per heavy atom. The Morgan fingerprint density at radius 2 is 1.62 bits per heavy atom. The molecule has 0 fully saturated rings. The first kappa shape index (κ1) is 24.5.